The van der Waals surface area contributed by atoms with Crippen LogP contribution in [0.1, 0.15) is 32.6 Å². The van der Waals surface area contributed by atoms with Crippen LogP contribution in [0.15, 0.2) is 0 Å². The van der Waals surface area contributed by atoms with E-state index in [1.165, 1.54) is 0 Å². The van der Waals surface area contributed by atoms with Gasteiger partial charge in [-0.05, 0) is 31.6 Å². The zero-order chi connectivity index (χ0) is 5.98. The standard InChI is InChI=1S/C7H13O/c1-6-2-4-7(8)5-3-6/h6-7H,2-5H2,1H3/t6-,7-. The van der Waals surface area contributed by atoms with Crippen LogP contribution in [0.3, 0.4) is 0 Å². The van der Waals surface area contributed by atoms with Crippen LogP contribution in [-0.4, -0.2) is 6.10 Å². The largest absolute Gasteiger partial charge is 0.233 e. The highest BCUT2D eigenvalue weighted by atomic mass is 16.3. The van der Waals surface area contributed by atoms with Crippen molar-refractivity contribution in [3.05, 3.63) is 0 Å². The molecule has 0 N–H and O–H groups in total. The van der Waals surface area contributed by atoms with Crippen molar-refractivity contribution in [1.82, 2.24) is 0 Å². The molecule has 0 aliphatic heterocycles. The van der Waals surface area contributed by atoms with Crippen molar-refractivity contribution < 1.29 is 5.11 Å². The van der Waals surface area contributed by atoms with E-state index in [4.69, 9.17) is 0 Å². The fourth-order valence-corrected chi connectivity index (χ4v) is 1.23. The minimum absolute atomic E-state index is 0.230. The third-order valence-corrected chi connectivity index (χ3v) is 1.96. The number of rotatable bonds is 0. The predicted molar refractivity (Wildman–Crippen MR) is 32.1 cm³/mol. The van der Waals surface area contributed by atoms with Crippen molar-refractivity contribution >= 4 is 0 Å². The van der Waals surface area contributed by atoms with E-state index in [0.717, 1.165) is 31.6 Å². The molecule has 1 rings (SSSR count). The summed E-state index contributed by atoms with van der Waals surface area (Å²) in [7, 11) is 0. The molecule has 0 aromatic carbocycles. The molecule has 1 fully saturated rings. The van der Waals surface area contributed by atoms with Gasteiger partial charge in [-0.15, -0.1) is 0 Å². The van der Waals surface area contributed by atoms with E-state index in [2.05, 4.69) is 6.92 Å². The summed E-state index contributed by atoms with van der Waals surface area (Å²) in [6, 6.07) is 0. The molecule has 0 aromatic heterocycles. The van der Waals surface area contributed by atoms with Gasteiger partial charge < -0.3 is 0 Å². The fraction of sp³-hybridized carbons (Fsp3) is 1.00. The summed E-state index contributed by atoms with van der Waals surface area (Å²) in [4.78, 5) is 0. The van der Waals surface area contributed by atoms with Crippen molar-refractivity contribution in [1.29, 1.82) is 0 Å². The van der Waals surface area contributed by atoms with Crippen LogP contribution in [0.4, 0.5) is 0 Å². The van der Waals surface area contributed by atoms with Crippen LogP contribution in [0.2, 0.25) is 0 Å². The number of hydrogen-bond acceptors (Lipinski definition) is 0. The van der Waals surface area contributed by atoms with E-state index in [0.29, 0.717) is 0 Å². The van der Waals surface area contributed by atoms with Crippen LogP contribution in [0, 0.1) is 5.92 Å². The Hall–Kier alpha value is -0.0400. The summed E-state index contributed by atoms with van der Waals surface area (Å²) >= 11 is 0. The van der Waals surface area contributed by atoms with E-state index in [-0.39, 0.29) is 6.10 Å². The normalized spacial score (nSPS) is 39.8. The van der Waals surface area contributed by atoms with E-state index in [9.17, 15) is 5.11 Å². The molecule has 0 unspecified atom stereocenters. The van der Waals surface area contributed by atoms with E-state index in [1.807, 2.05) is 0 Å². The Morgan fingerprint density at radius 1 is 1.12 bits per heavy atom. The molecule has 0 amide bonds. The maximum absolute atomic E-state index is 10.7. The molecule has 1 saturated carbocycles. The second kappa shape index (κ2) is 2.49. The Bertz CT molecular complexity index is 52.8. The summed E-state index contributed by atoms with van der Waals surface area (Å²) in [6.45, 7) is 2.23. The van der Waals surface area contributed by atoms with Gasteiger partial charge in [-0.3, -0.25) is 0 Å². The molecule has 0 atom stereocenters. The van der Waals surface area contributed by atoms with Crippen LogP contribution in [0.25, 0.3) is 0 Å². The molecule has 0 saturated heterocycles. The molecule has 47 valence electrons. The van der Waals surface area contributed by atoms with Crippen molar-refractivity contribution in [2.24, 2.45) is 5.92 Å². The molecule has 0 spiro atoms. The van der Waals surface area contributed by atoms with Gasteiger partial charge in [0.2, 0.25) is 0 Å². The summed E-state index contributed by atoms with van der Waals surface area (Å²) < 4.78 is 0. The summed E-state index contributed by atoms with van der Waals surface area (Å²) in [5.74, 6) is 0.820. The lowest BCUT2D eigenvalue weighted by Gasteiger charge is -2.19. The van der Waals surface area contributed by atoms with Crippen LogP contribution < -0.4 is 0 Å². The third-order valence-electron chi connectivity index (χ3n) is 1.96. The van der Waals surface area contributed by atoms with Crippen molar-refractivity contribution in [3.63, 3.8) is 0 Å². The van der Waals surface area contributed by atoms with E-state index in [1.54, 1.807) is 0 Å². The third kappa shape index (κ3) is 1.48. The number of hydrogen-bond donors (Lipinski definition) is 0. The van der Waals surface area contributed by atoms with Crippen LogP contribution in [-0.2, 0) is 5.11 Å². The van der Waals surface area contributed by atoms with E-state index >= 15 is 0 Å². The molecule has 8 heavy (non-hydrogen) atoms. The molecule has 0 heterocycles. The fourth-order valence-electron chi connectivity index (χ4n) is 1.23. The SMILES string of the molecule is C[C@H]1CC[C@H]([O])CC1. The summed E-state index contributed by atoms with van der Waals surface area (Å²) in [5, 5.41) is 10.7. The molecule has 1 nitrogen and oxygen atoms in total. The second-order valence-corrected chi connectivity index (χ2v) is 2.88. The first kappa shape index (κ1) is 6.09. The zero-order valence-electron chi connectivity index (χ0n) is 5.39. The first-order chi connectivity index (χ1) is 3.79. The minimum atomic E-state index is -0.230. The monoisotopic (exact) mass is 113 g/mol. The predicted octanol–water partition coefficient (Wildman–Crippen LogP) is 2.00. The summed E-state index contributed by atoms with van der Waals surface area (Å²) in [5.41, 5.74) is 0. The lowest BCUT2D eigenvalue weighted by molar-refractivity contribution is 0.0449. The average Bonchev–Trinajstić information content (AvgIpc) is 1.77. The molecule has 1 heteroatoms. The zero-order valence-corrected chi connectivity index (χ0v) is 5.39. The first-order valence-corrected chi connectivity index (χ1v) is 3.45. The maximum atomic E-state index is 10.7. The molecule has 1 radical (unpaired) electrons. The van der Waals surface area contributed by atoms with Crippen LogP contribution >= 0.6 is 0 Å². The van der Waals surface area contributed by atoms with Gasteiger partial charge in [-0.1, -0.05) is 6.92 Å². The van der Waals surface area contributed by atoms with Gasteiger partial charge in [0.25, 0.3) is 0 Å². The van der Waals surface area contributed by atoms with Gasteiger partial charge in [0.1, 0.15) is 0 Å². The van der Waals surface area contributed by atoms with Gasteiger partial charge in [-0.2, -0.15) is 0 Å². The smallest absolute Gasteiger partial charge is 0.0930 e. The highest BCUT2D eigenvalue weighted by Crippen LogP contribution is 2.23. The van der Waals surface area contributed by atoms with Crippen molar-refractivity contribution in [3.8, 4) is 0 Å². The topological polar surface area (TPSA) is 19.9 Å². The Labute approximate surface area is 50.7 Å². The van der Waals surface area contributed by atoms with Crippen LogP contribution in [0.5, 0.6) is 0 Å². The summed E-state index contributed by atoms with van der Waals surface area (Å²) in [6.07, 6.45) is 3.93. The lowest BCUT2D eigenvalue weighted by Crippen LogP contribution is -2.14. The van der Waals surface area contributed by atoms with Crippen molar-refractivity contribution in [2.75, 3.05) is 0 Å². The Balaban J connectivity index is 2.19. The van der Waals surface area contributed by atoms with Gasteiger partial charge in [0.15, 0.2) is 0 Å². The molecule has 1 aliphatic rings. The molecule has 0 bridgehead atoms. The Morgan fingerprint density at radius 3 is 2.00 bits per heavy atom. The first-order valence-electron chi connectivity index (χ1n) is 3.45. The highest BCUT2D eigenvalue weighted by molar-refractivity contribution is 4.67. The quantitative estimate of drug-likeness (QED) is 0.458. The maximum Gasteiger partial charge on any atom is 0.0930 e. The molecular weight excluding hydrogens is 100 g/mol. The van der Waals surface area contributed by atoms with Gasteiger partial charge in [0.05, 0.1) is 6.10 Å². The van der Waals surface area contributed by atoms with Gasteiger partial charge in [-0.25, -0.2) is 5.11 Å². The van der Waals surface area contributed by atoms with Crippen molar-refractivity contribution in [2.45, 2.75) is 38.7 Å². The van der Waals surface area contributed by atoms with E-state index < -0.39 is 0 Å². The molecule has 1 aliphatic carbocycles. The Kier molecular flexibility index (Phi) is 1.90. The minimum Gasteiger partial charge on any atom is -0.233 e. The second-order valence-electron chi connectivity index (χ2n) is 2.88. The molecular formula is C7H13O. The molecule has 0 aromatic rings. The average molecular weight is 113 g/mol. The highest BCUT2D eigenvalue weighted by Gasteiger charge is 2.15. The van der Waals surface area contributed by atoms with Gasteiger partial charge >= 0.3 is 0 Å². The van der Waals surface area contributed by atoms with Gasteiger partial charge in [0, 0.05) is 0 Å². The Morgan fingerprint density at radius 2 is 1.62 bits per heavy atom. The lowest BCUT2D eigenvalue weighted by atomic mass is 9.89.